The van der Waals surface area contributed by atoms with Crippen LogP contribution in [0.1, 0.15) is 20.7 Å². The van der Waals surface area contributed by atoms with Crippen LogP contribution in [-0.4, -0.2) is 40.8 Å². The average molecular weight is 547 g/mol. The molecular formula is C26H18N4O8S. The molecule has 0 atom stereocenters. The van der Waals surface area contributed by atoms with Gasteiger partial charge in [-0.1, -0.05) is 0 Å². The molecule has 4 aromatic rings. The number of sulfone groups is 1. The summed E-state index contributed by atoms with van der Waals surface area (Å²) in [5, 5.41) is 53.1. The first-order valence-electron chi connectivity index (χ1n) is 11.0. The third-order valence-electron chi connectivity index (χ3n) is 5.28. The maximum atomic E-state index is 13.0. The van der Waals surface area contributed by atoms with Gasteiger partial charge in [-0.3, -0.25) is 0 Å². The van der Waals surface area contributed by atoms with Crippen LogP contribution in [0.25, 0.3) is 0 Å². The van der Waals surface area contributed by atoms with E-state index in [9.17, 15) is 28.2 Å². The normalized spacial score (nSPS) is 11.7. The molecule has 0 saturated heterocycles. The third kappa shape index (κ3) is 6.11. The lowest BCUT2D eigenvalue weighted by Gasteiger charge is -2.05. The van der Waals surface area contributed by atoms with Gasteiger partial charge in [0.15, 0.2) is 0 Å². The lowest BCUT2D eigenvalue weighted by molar-refractivity contribution is 0.0682. The number of carbonyl (C=O) groups is 2. The fourth-order valence-electron chi connectivity index (χ4n) is 3.27. The van der Waals surface area contributed by atoms with Crippen LogP contribution >= 0.6 is 0 Å². The molecule has 4 rings (SSSR count). The minimum Gasteiger partial charge on any atom is -0.507 e. The van der Waals surface area contributed by atoms with Crippen molar-refractivity contribution in [3.8, 4) is 11.5 Å². The van der Waals surface area contributed by atoms with Crippen LogP contribution in [0.15, 0.2) is 115 Å². The van der Waals surface area contributed by atoms with Crippen molar-refractivity contribution in [1.29, 1.82) is 0 Å². The highest BCUT2D eigenvalue weighted by Crippen LogP contribution is 2.29. The number of aromatic hydroxyl groups is 2. The van der Waals surface area contributed by atoms with Crippen LogP contribution in [0.2, 0.25) is 0 Å². The molecule has 0 aliphatic rings. The molecule has 0 unspecified atom stereocenters. The summed E-state index contributed by atoms with van der Waals surface area (Å²) < 4.78 is 26.0. The van der Waals surface area contributed by atoms with E-state index in [0.717, 1.165) is 12.1 Å². The molecule has 0 bridgehead atoms. The molecule has 39 heavy (non-hydrogen) atoms. The number of benzene rings is 4. The van der Waals surface area contributed by atoms with Crippen LogP contribution in [-0.2, 0) is 9.84 Å². The fraction of sp³-hybridized carbons (Fsp3) is 0. The molecular weight excluding hydrogens is 528 g/mol. The Labute approximate surface area is 220 Å². The maximum absolute atomic E-state index is 13.0. The number of carboxylic acids is 2. The second kappa shape index (κ2) is 10.9. The molecule has 4 N–H and O–H groups in total. The van der Waals surface area contributed by atoms with E-state index in [0.29, 0.717) is 11.4 Å². The monoisotopic (exact) mass is 546 g/mol. The highest BCUT2D eigenvalue weighted by atomic mass is 32.2. The Balaban J connectivity index is 1.48. The predicted molar refractivity (Wildman–Crippen MR) is 137 cm³/mol. The Hall–Kier alpha value is -5.43. The number of phenols is 2. The van der Waals surface area contributed by atoms with E-state index in [4.69, 9.17) is 10.2 Å². The minimum absolute atomic E-state index is 0.00100. The summed E-state index contributed by atoms with van der Waals surface area (Å²) >= 11 is 0. The summed E-state index contributed by atoms with van der Waals surface area (Å²) in [6.45, 7) is 0. The highest BCUT2D eigenvalue weighted by molar-refractivity contribution is 7.91. The van der Waals surface area contributed by atoms with Crippen molar-refractivity contribution in [1.82, 2.24) is 0 Å². The van der Waals surface area contributed by atoms with Crippen molar-refractivity contribution in [3.05, 3.63) is 96.1 Å². The average Bonchev–Trinajstić information content (AvgIpc) is 2.92. The molecule has 0 saturated carbocycles. The van der Waals surface area contributed by atoms with Crippen LogP contribution in [0.3, 0.4) is 0 Å². The number of hydrogen-bond donors (Lipinski definition) is 4. The molecule has 0 aromatic heterocycles. The van der Waals surface area contributed by atoms with Gasteiger partial charge in [0.2, 0.25) is 9.84 Å². The molecule has 0 spiro atoms. The van der Waals surface area contributed by atoms with Crippen molar-refractivity contribution in [2.75, 3.05) is 0 Å². The molecule has 0 aliphatic carbocycles. The van der Waals surface area contributed by atoms with Gasteiger partial charge in [0, 0.05) is 0 Å². The van der Waals surface area contributed by atoms with E-state index in [1.165, 1.54) is 72.8 Å². The summed E-state index contributed by atoms with van der Waals surface area (Å²) in [5.41, 5.74) is 0.352. The van der Waals surface area contributed by atoms with Gasteiger partial charge in [-0.15, -0.1) is 0 Å². The zero-order valence-corrected chi connectivity index (χ0v) is 20.5. The van der Waals surface area contributed by atoms with Crippen molar-refractivity contribution < 1.29 is 38.4 Å². The lowest BCUT2D eigenvalue weighted by atomic mass is 10.2. The first kappa shape index (κ1) is 26.6. The highest BCUT2D eigenvalue weighted by Gasteiger charge is 2.17. The van der Waals surface area contributed by atoms with Gasteiger partial charge in [0.1, 0.15) is 22.6 Å². The third-order valence-corrected chi connectivity index (χ3v) is 7.06. The molecule has 0 radical (unpaired) electrons. The smallest absolute Gasteiger partial charge is 0.339 e. The fourth-order valence-corrected chi connectivity index (χ4v) is 4.53. The second-order valence-electron chi connectivity index (χ2n) is 7.90. The summed E-state index contributed by atoms with van der Waals surface area (Å²) in [5.74, 6) is -3.44. The molecule has 0 fully saturated rings. The van der Waals surface area contributed by atoms with Crippen LogP contribution in [0.4, 0.5) is 22.7 Å². The number of azo groups is 2. The van der Waals surface area contributed by atoms with Crippen molar-refractivity contribution in [3.63, 3.8) is 0 Å². The number of hydrogen-bond acceptors (Lipinski definition) is 10. The molecule has 0 heterocycles. The summed E-state index contributed by atoms with van der Waals surface area (Å²) in [4.78, 5) is 22.2. The van der Waals surface area contributed by atoms with Gasteiger partial charge in [-0.2, -0.15) is 20.5 Å². The number of aromatic carboxylic acids is 2. The quantitative estimate of drug-likeness (QED) is 0.188. The van der Waals surface area contributed by atoms with Crippen molar-refractivity contribution in [2.45, 2.75) is 9.79 Å². The topological polar surface area (TPSA) is 199 Å². The van der Waals surface area contributed by atoms with Gasteiger partial charge in [-0.25, -0.2) is 18.0 Å². The summed E-state index contributed by atoms with van der Waals surface area (Å²) in [6, 6.07) is 18.6. The van der Waals surface area contributed by atoms with Crippen LogP contribution < -0.4 is 0 Å². The Morgan fingerprint density at radius 3 is 1.15 bits per heavy atom. The van der Waals surface area contributed by atoms with Crippen LogP contribution in [0.5, 0.6) is 11.5 Å². The van der Waals surface area contributed by atoms with Crippen molar-refractivity contribution >= 4 is 44.5 Å². The van der Waals surface area contributed by atoms with Gasteiger partial charge >= 0.3 is 11.9 Å². The maximum Gasteiger partial charge on any atom is 0.339 e. The first-order chi connectivity index (χ1) is 18.5. The molecule has 0 amide bonds. The van der Waals surface area contributed by atoms with Gasteiger partial charge in [-0.05, 0) is 84.9 Å². The van der Waals surface area contributed by atoms with Crippen molar-refractivity contribution in [2.24, 2.45) is 20.5 Å². The standard InChI is InChI=1S/C26H18N4O8S/c31-23-11-5-17(13-21(23)25(33)34)29-27-15-1-7-19(8-2-15)39(37,38)20-9-3-16(4-10-20)28-30-18-6-12-24(32)22(14-18)26(35)36/h1-14,31-32H,(H,33,34)(H,35,36). The van der Waals surface area contributed by atoms with Gasteiger partial charge < -0.3 is 20.4 Å². The largest absolute Gasteiger partial charge is 0.507 e. The minimum atomic E-state index is -3.88. The van der Waals surface area contributed by atoms with E-state index in [2.05, 4.69) is 20.5 Å². The molecule has 196 valence electrons. The second-order valence-corrected chi connectivity index (χ2v) is 9.85. The Morgan fingerprint density at radius 2 is 0.821 bits per heavy atom. The number of nitrogens with zero attached hydrogens (tertiary/aromatic N) is 4. The summed E-state index contributed by atoms with van der Waals surface area (Å²) in [7, 11) is -3.88. The Bertz CT molecular complexity index is 1610. The van der Waals surface area contributed by atoms with Gasteiger partial charge in [0.05, 0.1) is 32.5 Å². The molecule has 12 nitrogen and oxygen atoms in total. The zero-order valence-electron chi connectivity index (χ0n) is 19.7. The predicted octanol–water partition coefficient (Wildman–Crippen LogP) is 6.16. The number of rotatable bonds is 8. The lowest BCUT2D eigenvalue weighted by Crippen LogP contribution is -2.01. The van der Waals surface area contributed by atoms with E-state index < -0.39 is 33.3 Å². The van der Waals surface area contributed by atoms with E-state index >= 15 is 0 Å². The number of carboxylic acid groups (broad SMARTS) is 2. The Morgan fingerprint density at radius 1 is 0.513 bits per heavy atom. The van der Waals surface area contributed by atoms with E-state index in [1.54, 1.807) is 0 Å². The molecule has 0 aliphatic heterocycles. The Kier molecular flexibility index (Phi) is 7.44. The van der Waals surface area contributed by atoms with E-state index in [1.807, 2.05) is 0 Å². The molecule has 4 aromatic carbocycles. The van der Waals surface area contributed by atoms with Gasteiger partial charge in [0.25, 0.3) is 0 Å². The SMILES string of the molecule is O=C(O)c1cc(N=Nc2ccc(S(=O)(=O)c3ccc(N=Nc4ccc(O)c(C(=O)O)c4)cc3)cc2)ccc1O. The molecule has 13 heteroatoms. The zero-order chi connectivity index (χ0) is 28.2. The summed E-state index contributed by atoms with van der Waals surface area (Å²) in [6.07, 6.45) is 0. The van der Waals surface area contributed by atoms with Crippen LogP contribution in [0, 0.1) is 0 Å². The van der Waals surface area contributed by atoms with E-state index in [-0.39, 0.29) is 32.3 Å². The first-order valence-corrected chi connectivity index (χ1v) is 12.4.